The summed E-state index contributed by atoms with van der Waals surface area (Å²) in [6, 6.07) is 6.68. The highest BCUT2D eigenvalue weighted by atomic mass is 79.9. The van der Waals surface area contributed by atoms with Crippen molar-refractivity contribution in [2.45, 2.75) is 32.9 Å². The fourth-order valence-corrected chi connectivity index (χ4v) is 2.22. The number of methoxy groups -OCH3 is 1. The molecule has 0 aromatic heterocycles. The van der Waals surface area contributed by atoms with Crippen molar-refractivity contribution in [3.05, 3.63) is 28.2 Å². The van der Waals surface area contributed by atoms with E-state index in [4.69, 9.17) is 14.2 Å². The summed E-state index contributed by atoms with van der Waals surface area (Å²) in [5.74, 6) is 0.875. The van der Waals surface area contributed by atoms with Gasteiger partial charge < -0.3 is 19.5 Å². The third-order valence-corrected chi connectivity index (χ3v) is 3.45. The van der Waals surface area contributed by atoms with Gasteiger partial charge in [-0.1, -0.05) is 19.9 Å². The van der Waals surface area contributed by atoms with E-state index in [0.717, 1.165) is 23.2 Å². The van der Waals surface area contributed by atoms with E-state index in [2.05, 4.69) is 47.2 Å². The van der Waals surface area contributed by atoms with Gasteiger partial charge in [0.2, 0.25) is 0 Å². The number of hydrogen-bond acceptors (Lipinski definition) is 4. The van der Waals surface area contributed by atoms with Crippen molar-refractivity contribution < 1.29 is 14.2 Å². The molecule has 1 rings (SSSR count). The highest BCUT2D eigenvalue weighted by molar-refractivity contribution is 9.10. The second-order valence-corrected chi connectivity index (χ2v) is 5.96. The Morgan fingerprint density at radius 1 is 1.14 bits per heavy atom. The Labute approximate surface area is 136 Å². The normalized spacial score (nSPS) is 11.1. The lowest BCUT2D eigenvalue weighted by Gasteiger charge is -2.12. The Hall–Kier alpha value is -0.620. The maximum atomic E-state index is 5.75. The summed E-state index contributed by atoms with van der Waals surface area (Å²) >= 11 is 3.56. The number of halogens is 1. The lowest BCUT2D eigenvalue weighted by Crippen LogP contribution is -2.21. The van der Waals surface area contributed by atoms with Crippen LogP contribution in [0.3, 0.4) is 0 Å². The molecule has 21 heavy (non-hydrogen) atoms. The number of rotatable bonds is 11. The fraction of sp³-hybridized carbons (Fsp3) is 0.625. The summed E-state index contributed by atoms with van der Waals surface area (Å²) in [5, 5.41) is 3.40. The SMILES string of the molecule is COCCOCCCOc1ccc(CNC(C)C)cc1Br. The van der Waals surface area contributed by atoms with E-state index in [9.17, 15) is 0 Å². The molecular weight excluding hydrogens is 334 g/mol. The van der Waals surface area contributed by atoms with Crippen molar-refractivity contribution in [3.63, 3.8) is 0 Å². The molecule has 0 aliphatic rings. The molecule has 0 aliphatic heterocycles. The van der Waals surface area contributed by atoms with E-state index in [0.29, 0.717) is 32.5 Å². The standard InChI is InChI=1S/C16H26BrNO3/c1-13(2)18-12-14-5-6-16(15(17)11-14)21-8-4-7-20-10-9-19-3/h5-6,11,13,18H,4,7-10,12H2,1-3H3. The van der Waals surface area contributed by atoms with Crippen LogP contribution < -0.4 is 10.1 Å². The number of ether oxygens (including phenoxy) is 3. The summed E-state index contributed by atoms with van der Waals surface area (Å²) in [5.41, 5.74) is 1.24. The minimum absolute atomic E-state index is 0.484. The van der Waals surface area contributed by atoms with Crippen LogP contribution in [0.4, 0.5) is 0 Å². The summed E-state index contributed by atoms with van der Waals surface area (Å²) in [6.45, 7) is 7.76. The van der Waals surface area contributed by atoms with Crippen LogP contribution in [0.25, 0.3) is 0 Å². The van der Waals surface area contributed by atoms with Gasteiger partial charge in [-0.15, -0.1) is 0 Å². The van der Waals surface area contributed by atoms with Crippen LogP contribution in [0.1, 0.15) is 25.8 Å². The van der Waals surface area contributed by atoms with Gasteiger partial charge in [0.05, 0.1) is 24.3 Å². The third-order valence-electron chi connectivity index (χ3n) is 2.83. The lowest BCUT2D eigenvalue weighted by molar-refractivity contribution is 0.0644. The van der Waals surface area contributed by atoms with Gasteiger partial charge >= 0.3 is 0 Å². The molecule has 1 aromatic carbocycles. The maximum Gasteiger partial charge on any atom is 0.133 e. The van der Waals surface area contributed by atoms with Crippen molar-refractivity contribution in [3.8, 4) is 5.75 Å². The first-order valence-electron chi connectivity index (χ1n) is 7.34. The van der Waals surface area contributed by atoms with Gasteiger partial charge in [-0.25, -0.2) is 0 Å². The van der Waals surface area contributed by atoms with E-state index in [1.165, 1.54) is 5.56 Å². The monoisotopic (exact) mass is 359 g/mol. The van der Waals surface area contributed by atoms with Crippen molar-refractivity contribution in [2.75, 3.05) is 33.5 Å². The molecule has 0 spiro atoms. The molecular formula is C16H26BrNO3. The van der Waals surface area contributed by atoms with Gasteiger partial charge in [-0.2, -0.15) is 0 Å². The Bertz CT molecular complexity index is 399. The summed E-state index contributed by atoms with van der Waals surface area (Å²) in [7, 11) is 1.67. The third kappa shape index (κ3) is 8.41. The average Bonchev–Trinajstić information content (AvgIpc) is 2.46. The summed E-state index contributed by atoms with van der Waals surface area (Å²) < 4.78 is 17.0. The number of hydrogen-bond donors (Lipinski definition) is 1. The Balaban J connectivity index is 2.26. The van der Waals surface area contributed by atoms with Crippen molar-refractivity contribution in [1.29, 1.82) is 0 Å². The van der Waals surface area contributed by atoms with Crippen LogP contribution in [-0.2, 0) is 16.0 Å². The molecule has 5 heteroatoms. The quantitative estimate of drug-likeness (QED) is 0.614. The zero-order valence-corrected chi connectivity index (χ0v) is 14.7. The first-order chi connectivity index (χ1) is 10.1. The average molecular weight is 360 g/mol. The molecule has 0 saturated carbocycles. The summed E-state index contributed by atoms with van der Waals surface area (Å²) in [4.78, 5) is 0. The van der Waals surface area contributed by atoms with Gasteiger partial charge in [0.15, 0.2) is 0 Å². The van der Waals surface area contributed by atoms with E-state index >= 15 is 0 Å². The van der Waals surface area contributed by atoms with E-state index in [1.54, 1.807) is 7.11 Å². The molecule has 0 fully saturated rings. The van der Waals surface area contributed by atoms with Gasteiger partial charge in [-0.3, -0.25) is 0 Å². The first kappa shape index (κ1) is 18.4. The molecule has 0 radical (unpaired) electrons. The largest absolute Gasteiger partial charge is 0.492 e. The summed E-state index contributed by atoms with van der Waals surface area (Å²) in [6.07, 6.45) is 0.868. The number of nitrogens with one attached hydrogen (secondary N) is 1. The Morgan fingerprint density at radius 3 is 2.62 bits per heavy atom. The molecule has 0 saturated heterocycles. The predicted molar refractivity (Wildman–Crippen MR) is 88.9 cm³/mol. The van der Waals surface area contributed by atoms with Crippen LogP contribution >= 0.6 is 15.9 Å². The molecule has 0 unspecified atom stereocenters. The molecule has 4 nitrogen and oxygen atoms in total. The van der Waals surface area contributed by atoms with Crippen LogP contribution in [0.15, 0.2) is 22.7 Å². The molecule has 0 atom stereocenters. The molecule has 1 N–H and O–H groups in total. The van der Waals surface area contributed by atoms with E-state index in [1.807, 2.05) is 6.07 Å². The molecule has 1 aromatic rings. The lowest BCUT2D eigenvalue weighted by atomic mass is 10.2. The second-order valence-electron chi connectivity index (χ2n) is 5.11. The molecule has 0 heterocycles. The van der Waals surface area contributed by atoms with E-state index in [-0.39, 0.29) is 0 Å². The molecule has 0 amide bonds. The highest BCUT2D eigenvalue weighted by Gasteiger charge is 2.03. The minimum atomic E-state index is 0.484. The Morgan fingerprint density at radius 2 is 1.95 bits per heavy atom. The van der Waals surface area contributed by atoms with Crippen LogP contribution in [-0.4, -0.2) is 39.6 Å². The minimum Gasteiger partial charge on any atom is -0.492 e. The highest BCUT2D eigenvalue weighted by Crippen LogP contribution is 2.26. The fourth-order valence-electron chi connectivity index (χ4n) is 1.68. The topological polar surface area (TPSA) is 39.7 Å². The number of benzene rings is 1. The zero-order valence-electron chi connectivity index (χ0n) is 13.2. The van der Waals surface area contributed by atoms with Gasteiger partial charge in [0.1, 0.15) is 5.75 Å². The van der Waals surface area contributed by atoms with Gasteiger partial charge in [0.25, 0.3) is 0 Å². The van der Waals surface area contributed by atoms with Crippen molar-refractivity contribution in [1.82, 2.24) is 5.32 Å². The van der Waals surface area contributed by atoms with E-state index < -0.39 is 0 Å². The second kappa shape index (κ2) is 11.0. The van der Waals surface area contributed by atoms with Crippen molar-refractivity contribution in [2.24, 2.45) is 0 Å². The maximum absolute atomic E-state index is 5.75. The predicted octanol–water partition coefficient (Wildman–Crippen LogP) is 3.38. The molecule has 120 valence electrons. The van der Waals surface area contributed by atoms with Crippen molar-refractivity contribution >= 4 is 15.9 Å². The Kier molecular flexibility index (Phi) is 9.67. The van der Waals surface area contributed by atoms with Gasteiger partial charge in [-0.05, 0) is 33.6 Å². The molecule has 0 bridgehead atoms. The van der Waals surface area contributed by atoms with Crippen LogP contribution in [0, 0.1) is 0 Å². The zero-order chi connectivity index (χ0) is 15.5. The molecule has 0 aliphatic carbocycles. The van der Waals surface area contributed by atoms with Crippen LogP contribution in [0.5, 0.6) is 5.75 Å². The van der Waals surface area contributed by atoms with Crippen LogP contribution in [0.2, 0.25) is 0 Å². The smallest absolute Gasteiger partial charge is 0.133 e. The first-order valence-corrected chi connectivity index (χ1v) is 8.14. The van der Waals surface area contributed by atoms with Gasteiger partial charge in [0, 0.05) is 32.7 Å².